The fraction of sp³-hybridized carbons (Fsp3) is 0.350. The van der Waals surface area contributed by atoms with Crippen LogP contribution >= 0.6 is 0 Å². The molecule has 1 aliphatic heterocycles. The molecule has 3 rings (SSSR count). The van der Waals surface area contributed by atoms with Gasteiger partial charge in [0.15, 0.2) is 0 Å². The van der Waals surface area contributed by atoms with Crippen molar-refractivity contribution in [3.8, 4) is 17.2 Å². The molecule has 1 aliphatic rings. The van der Waals surface area contributed by atoms with Crippen LogP contribution in [0, 0.1) is 0 Å². The van der Waals surface area contributed by atoms with E-state index in [2.05, 4.69) is 16.2 Å². The zero-order valence-corrected chi connectivity index (χ0v) is 15.7. The first-order valence-electron chi connectivity index (χ1n) is 8.78. The van der Waals surface area contributed by atoms with Crippen LogP contribution in [0.5, 0.6) is 17.2 Å². The molecule has 2 unspecified atom stereocenters. The predicted molar refractivity (Wildman–Crippen MR) is 102 cm³/mol. The summed E-state index contributed by atoms with van der Waals surface area (Å²) >= 11 is 0. The van der Waals surface area contributed by atoms with Crippen LogP contribution in [-0.2, 0) is 11.3 Å². The second kappa shape index (κ2) is 8.75. The highest BCUT2D eigenvalue weighted by Gasteiger charge is 2.30. The summed E-state index contributed by atoms with van der Waals surface area (Å²) in [5, 5.41) is 2.96. The van der Waals surface area contributed by atoms with E-state index in [4.69, 9.17) is 14.2 Å². The van der Waals surface area contributed by atoms with Gasteiger partial charge in [0.25, 0.3) is 0 Å². The van der Waals surface area contributed by atoms with Gasteiger partial charge in [0.1, 0.15) is 23.3 Å². The highest BCUT2D eigenvalue weighted by atomic mass is 16.5. The SMILES string of the molecule is COc1cccc(C2CC(C(=O)NCc3ccc(OC)cc3OC)NN2)c1. The predicted octanol–water partition coefficient (Wildman–Crippen LogP) is 1.94. The van der Waals surface area contributed by atoms with Crippen molar-refractivity contribution in [2.75, 3.05) is 21.3 Å². The number of methoxy groups -OCH3 is 3. The van der Waals surface area contributed by atoms with Crippen molar-refractivity contribution < 1.29 is 19.0 Å². The minimum atomic E-state index is -0.314. The molecule has 0 saturated carbocycles. The van der Waals surface area contributed by atoms with Crippen LogP contribution in [0.25, 0.3) is 0 Å². The third-order valence-corrected chi connectivity index (χ3v) is 4.66. The van der Waals surface area contributed by atoms with Gasteiger partial charge in [-0.2, -0.15) is 0 Å². The Morgan fingerprint density at radius 2 is 1.81 bits per heavy atom. The van der Waals surface area contributed by atoms with Gasteiger partial charge in [-0.3, -0.25) is 4.79 Å². The Balaban J connectivity index is 1.58. The Labute approximate surface area is 159 Å². The van der Waals surface area contributed by atoms with Crippen molar-refractivity contribution in [3.63, 3.8) is 0 Å². The Morgan fingerprint density at radius 1 is 1.04 bits per heavy atom. The Bertz CT molecular complexity index is 797. The van der Waals surface area contributed by atoms with E-state index < -0.39 is 0 Å². The Kier molecular flexibility index (Phi) is 6.16. The summed E-state index contributed by atoms with van der Waals surface area (Å²) in [6.07, 6.45) is 0.652. The summed E-state index contributed by atoms with van der Waals surface area (Å²) in [7, 11) is 4.85. The standard InChI is InChI=1S/C20H25N3O4/c1-25-15-6-4-5-13(9-15)17-11-18(23-22-17)20(24)21-12-14-7-8-16(26-2)10-19(14)27-3/h4-10,17-18,22-23H,11-12H2,1-3H3,(H,21,24). The van der Waals surface area contributed by atoms with Gasteiger partial charge in [-0.1, -0.05) is 12.1 Å². The molecule has 144 valence electrons. The molecule has 0 spiro atoms. The van der Waals surface area contributed by atoms with Crippen LogP contribution in [0.15, 0.2) is 42.5 Å². The Hall–Kier alpha value is -2.77. The van der Waals surface area contributed by atoms with Crippen molar-refractivity contribution in [2.45, 2.75) is 25.0 Å². The van der Waals surface area contributed by atoms with E-state index in [1.807, 2.05) is 36.4 Å². The molecule has 2 atom stereocenters. The van der Waals surface area contributed by atoms with Crippen LogP contribution in [0.3, 0.4) is 0 Å². The molecule has 1 heterocycles. The average molecular weight is 371 g/mol. The monoisotopic (exact) mass is 371 g/mol. The average Bonchev–Trinajstić information content (AvgIpc) is 3.22. The molecular formula is C20H25N3O4. The Morgan fingerprint density at radius 3 is 2.56 bits per heavy atom. The van der Waals surface area contributed by atoms with Crippen LogP contribution in [0.4, 0.5) is 0 Å². The van der Waals surface area contributed by atoms with Crippen molar-refractivity contribution in [3.05, 3.63) is 53.6 Å². The lowest BCUT2D eigenvalue weighted by Crippen LogP contribution is -2.42. The van der Waals surface area contributed by atoms with Crippen molar-refractivity contribution >= 4 is 5.91 Å². The zero-order chi connectivity index (χ0) is 19.2. The van der Waals surface area contributed by atoms with Gasteiger partial charge in [-0.15, -0.1) is 0 Å². The summed E-state index contributed by atoms with van der Waals surface area (Å²) in [6, 6.07) is 13.1. The summed E-state index contributed by atoms with van der Waals surface area (Å²) < 4.78 is 15.8. The normalized spacial score (nSPS) is 18.8. The van der Waals surface area contributed by atoms with Crippen LogP contribution in [0.1, 0.15) is 23.6 Å². The first kappa shape index (κ1) is 19.0. The molecule has 27 heavy (non-hydrogen) atoms. The topological polar surface area (TPSA) is 80.9 Å². The molecule has 1 amide bonds. The van der Waals surface area contributed by atoms with Gasteiger partial charge in [0.2, 0.25) is 5.91 Å². The number of hydrogen-bond acceptors (Lipinski definition) is 6. The third-order valence-electron chi connectivity index (χ3n) is 4.66. The fourth-order valence-electron chi connectivity index (χ4n) is 3.11. The summed E-state index contributed by atoms with van der Waals surface area (Å²) in [6.45, 7) is 0.383. The summed E-state index contributed by atoms with van der Waals surface area (Å²) in [5.74, 6) is 2.13. The second-order valence-electron chi connectivity index (χ2n) is 6.30. The maximum Gasteiger partial charge on any atom is 0.238 e. The number of hydrogen-bond donors (Lipinski definition) is 3. The minimum absolute atomic E-state index is 0.0476. The van der Waals surface area contributed by atoms with E-state index in [-0.39, 0.29) is 18.0 Å². The second-order valence-corrected chi connectivity index (χ2v) is 6.30. The smallest absolute Gasteiger partial charge is 0.238 e. The van der Waals surface area contributed by atoms with Crippen LogP contribution in [0.2, 0.25) is 0 Å². The molecule has 2 aromatic carbocycles. The molecule has 0 radical (unpaired) electrons. The number of benzene rings is 2. The maximum atomic E-state index is 12.5. The van der Waals surface area contributed by atoms with Crippen LogP contribution in [-0.4, -0.2) is 33.3 Å². The zero-order valence-electron chi connectivity index (χ0n) is 15.7. The van der Waals surface area contributed by atoms with Crippen molar-refractivity contribution in [2.24, 2.45) is 0 Å². The van der Waals surface area contributed by atoms with Gasteiger partial charge in [-0.25, -0.2) is 10.9 Å². The first-order chi connectivity index (χ1) is 13.1. The lowest BCUT2D eigenvalue weighted by Gasteiger charge is -2.14. The molecule has 1 fully saturated rings. The van der Waals surface area contributed by atoms with Gasteiger partial charge in [-0.05, 0) is 36.2 Å². The van der Waals surface area contributed by atoms with Crippen molar-refractivity contribution in [1.82, 2.24) is 16.2 Å². The van der Waals surface area contributed by atoms with E-state index >= 15 is 0 Å². The van der Waals surface area contributed by atoms with Gasteiger partial charge in [0.05, 0.1) is 21.3 Å². The van der Waals surface area contributed by atoms with E-state index in [0.29, 0.717) is 24.5 Å². The largest absolute Gasteiger partial charge is 0.497 e. The van der Waals surface area contributed by atoms with Crippen molar-refractivity contribution in [1.29, 1.82) is 0 Å². The van der Waals surface area contributed by atoms with Gasteiger partial charge in [0, 0.05) is 24.2 Å². The number of rotatable bonds is 7. The number of nitrogens with one attached hydrogen (secondary N) is 3. The van der Waals surface area contributed by atoms with E-state index in [0.717, 1.165) is 16.9 Å². The molecule has 3 N–H and O–H groups in total. The third kappa shape index (κ3) is 4.50. The van der Waals surface area contributed by atoms with Gasteiger partial charge >= 0.3 is 0 Å². The summed E-state index contributed by atoms with van der Waals surface area (Å²) in [4.78, 5) is 12.5. The first-order valence-corrected chi connectivity index (χ1v) is 8.78. The van der Waals surface area contributed by atoms with E-state index in [9.17, 15) is 4.79 Å². The molecule has 0 bridgehead atoms. The molecule has 0 aromatic heterocycles. The fourth-order valence-corrected chi connectivity index (χ4v) is 3.11. The molecule has 7 nitrogen and oxygen atoms in total. The maximum absolute atomic E-state index is 12.5. The van der Waals surface area contributed by atoms with Gasteiger partial charge < -0.3 is 19.5 Å². The molecule has 2 aromatic rings. The minimum Gasteiger partial charge on any atom is -0.497 e. The highest BCUT2D eigenvalue weighted by molar-refractivity contribution is 5.82. The number of amides is 1. The highest BCUT2D eigenvalue weighted by Crippen LogP contribution is 2.26. The molecule has 7 heteroatoms. The van der Waals surface area contributed by atoms with E-state index in [1.165, 1.54) is 0 Å². The number of ether oxygens (including phenoxy) is 3. The van der Waals surface area contributed by atoms with Crippen LogP contribution < -0.4 is 30.4 Å². The molecular weight excluding hydrogens is 346 g/mol. The summed E-state index contributed by atoms with van der Waals surface area (Å²) in [5.41, 5.74) is 8.22. The van der Waals surface area contributed by atoms with E-state index in [1.54, 1.807) is 27.4 Å². The molecule has 0 aliphatic carbocycles. The lowest BCUT2D eigenvalue weighted by atomic mass is 10.0. The lowest BCUT2D eigenvalue weighted by molar-refractivity contribution is -0.123. The molecule has 1 saturated heterocycles. The number of carbonyl (C=O) groups excluding carboxylic acids is 1. The number of hydrazine groups is 1. The number of carbonyl (C=O) groups is 1. The quantitative estimate of drug-likeness (QED) is 0.690.